The van der Waals surface area contributed by atoms with Crippen molar-refractivity contribution in [3.63, 3.8) is 0 Å². The molecule has 3 aromatic heterocycles. The van der Waals surface area contributed by atoms with Crippen LogP contribution in [-0.2, 0) is 0 Å². The highest BCUT2D eigenvalue weighted by Crippen LogP contribution is 2.43. The Labute approximate surface area is 187 Å². The van der Waals surface area contributed by atoms with Crippen LogP contribution in [0, 0.1) is 0 Å². The zero-order valence-electron chi connectivity index (χ0n) is 18.0. The van der Waals surface area contributed by atoms with Crippen molar-refractivity contribution in [1.82, 2.24) is 24.8 Å². The molecule has 0 amide bonds. The van der Waals surface area contributed by atoms with Gasteiger partial charge in [-0.05, 0) is 86.5 Å². The van der Waals surface area contributed by atoms with Gasteiger partial charge >= 0.3 is 0 Å². The predicted octanol–water partition coefficient (Wildman–Crippen LogP) is 4.49. The van der Waals surface area contributed by atoms with Crippen molar-refractivity contribution >= 4 is 28.5 Å². The van der Waals surface area contributed by atoms with Gasteiger partial charge in [-0.2, -0.15) is 4.98 Å². The number of anilines is 3. The van der Waals surface area contributed by atoms with E-state index < -0.39 is 0 Å². The third-order valence-corrected chi connectivity index (χ3v) is 6.53. The second-order valence-electron chi connectivity index (χ2n) is 8.84. The summed E-state index contributed by atoms with van der Waals surface area (Å²) in [4.78, 5) is 14.0. The van der Waals surface area contributed by atoms with E-state index in [0.29, 0.717) is 23.6 Å². The van der Waals surface area contributed by atoms with Crippen LogP contribution in [0.4, 0.5) is 17.5 Å². The van der Waals surface area contributed by atoms with Crippen LogP contribution >= 0.6 is 0 Å². The van der Waals surface area contributed by atoms with Crippen molar-refractivity contribution in [3.05, 3.63) is 66.0 Å². The number of hydrogen-bond donors (Lipinski definition) is 3. The quantitative estimate of drug-likeness (QED) is 0.436. The number of rotatable bonds is 5. The van der Waals surface area contributed by atoms with E-state index in [0.717, 1.165) is 35.6 Å². The Morgan fingerprint density at radius 2 is 1.75 bits per heavy atom. The Kier molecular flexibility index (Phi) is 4.76. The van der Waals surface area contributed by atoms with Crippen LogP contribution in [0.5, 0.6) is 0 Å². The maximum atomic E-state index is 5.98. The standard InChI is InChI=1S/C25H27N7/c26-22-2-1-3-23(30-22)32-21(18-4-5-18)14-19-15-28-25(31-24(19)32)29-20-8-6-16(7-9-20)17-10-12-27-13-11-17/h1-3,6-9,14-15,17-18,27H,4-5,10-13H2,(H2,26,30)(H,28,29,31). The van der Waals surface area contributed by atoms with Crippen LogP contribution in [0.2, 0.25) is 0 Å². The Balaban J connectivity index is 1.32. The molecule has 6 rings (SSSR count). The van der Waals surface area contributed by atoms with E-state index in [9.17, 15) is 0 Å². The van der Waals surface area contributed by atoms with E-state index in [1.165, 1.54) is 36.9 Å². The number of fused-ring (bicyclic) bond motifs is 1. The predicted molar refractivity (Wildman–Crippen MR) is 128 cm³/mol. The van der Waals surface area contributed by atoms with Crippen molar-refractivity contribution in [2.75, 3.05) is 24.1 Å². The lowest BCUT2D eigenvalue weighted by Crippen LogP contribution is -2.26. The van der Waals surface area contributed by atoms with Gasteiger partial charge in [-0.15, -0.1) is 0 Å². The topological polar surface area (TPSA) is 93.7 Å². The van der Waals surface area contributed by atoms with Gasteiger partial charge in [0.15, 0.2) is 5.65 Å². The summed E-state index contributed by atoms with van der Waals surface area (Å²) >= 11 is 0. The van der Waals surface area contributed by atoms with Gasteiger partial charge in [-0.1, -0.05) is 18.2 Å². The van der Waals surface area contributed by atoms with Gasteiger partial charge < -0.3 is 16.4 Å². The van der Waals surface area contributed by atoms with Crippen LogP contribution in [0.25, 0.3) is 16.9 Å². The first-order valence-electron chi connectivity index (χ1n) is 11.4. The summed E-state index contributed by atoms with van der Waals surface area (Å²) in [6.45, 7) is 2.20. The monoisotopic (exact) mass is 425 g/mol. The zero-order chi connectivity index (χ0) is 21.5. The molecule has 2 aliphatic rings. The number of hydrogen-bond acceptors (Lipinski definition) is 6. The summed E-state index contributed by atoms with van der Waals surface area (Å²) in [5.41, 5.74) is 10.5. The molecule has 0 bridgehead atoms. The van der Waals surface area contributed by atoms with Crippen LogP contribution < -0.4 is 16.4 Å². The molecule has 1 saturated heterocycles. The van der Waals surface area contributed by atoms with Crippen molar-refractivity contribution in [1.29, 1.82) is 0 Å². The van der Waals surface area contributed by atoms with Crippen molar-refractivity contribution < 1.29 is 0 Å². The Morgan fingerprint density at radius 1 is 0.938 bits per heavy atom. The van der Waals surface area contributed by atoms with E-state index in [1.54, 1.807) is 6.07 Å². The zero-order valence-corrected chi connectivity index (χ0v) is 18.0. The van der Waals surface area contributed by atoms with Crippen LogP contribution in [0.1, 0.15) is 48.8 Å². The minimum absolute atomic E-state index is 0.507. The molecule has 0 atom stereocenters. The number of nitrogens with zero attached hydrogens (tertiary/aromatic N) is 4. The number of nitrogen functional groups attached to an aromatic ring is 1. The molecule has 0 radical (unpaired) electrons. The fraction of sp³-hybridized carbons (Fsp3) is 0.320. The largest absolute Gasteiger partial charge is 0.384 e. The maximum Gasteiger partial charge on any atom is 0.229 e. The Morgan fingerprint density at radius 3 is 2.50 bits per heavy atom. The van der Waals surface area contributed by atoms with Gasteiger partial charge in [0.05, 0.1) is 0 Å². The second-order valence-corrected chi connectivity index (χ2v) is 8.84. The highest BCUT2D eigenvalue weighted by atomic mass is 15.2. The number of pyridine rings is 1. The highest BCUT2D eigenvalue weighted by molar-refractivity contribution is 5.80. The van der Waals surface area contributed by atoms with Gasteiger partial charge in [-0.25, -0.2) is 9.97 Å². The lowest BCUT2D eigenvalue weighted by Gasteiger charge is -2.23. The molecule has 2 fully saturated rings. The average molecular weight is 426 g/mol. The number of benzene rings is 1. The third-order valence-electron chi connectivity index (χ3n) is 6.53. The van der Waals surface area contributed by atoms with Crippen molar-refractivity contribution in [2.24, 2.45) is 0 Å². The normalized spacial score (nSPS) is 17.0. The molecule has 4 aromatic rings. The molecule has 32 heavy (non-hydrogen) atoms. The van der Waals surface area contributed by atoms with Gasteiger partial charge in [0, 0.05) is 23.0 Å². The van der Waals surface area contributed by atoms with Crippen molar-refractivity contribution in [2.45, 2.75) is 37.5 Å². The first kappa shape index (κ1) is 19.3. The minimum atomic E-state index is 0.507. The van der Waals surface area contributed by atoms with Gasteiger partial charge in [-0.3, -0.25) is 4.57 Å². The van der Waals surface area contributed by atoms with E-state index in [4.69, 9.17) is 10.7 Å². The van der Waals surface area contributed by atoms with Crippen LogP contribution in [-0.4, -0.2) is 32.6 Å². The summed E-state index contributed by atoms with van der Waals surface area (Å²) < 4.78 is 2.14. The lowest BCUT2D eigenvalue weighted by molar-refractivity contribution is 0.460. The van der Waals surface area contributed by atoms with E-state index >= 15 is 0 Å². The summed E-state index contributed by atoms with van der Waals surface area (Å²) in [6, 6.07) is 16.6. The Hall–Kier alpha value is -3.45. The first-order valence-corrected chi connectivity index (χ1v) is 11.4. The molecule has 4 N–H and O–H groups in total. The molecule has 7 heteroatoms. The minimum Gasteiger partial charge on any atom is -0.384 e. The van der Waals surface area contributed by atoms with Crippen molar-refractivity contribution in [3.8, 4) is 5.82 Å². The first-order chi connectivity index (χ1) is 15.7. The SMILES string of the molecule is Nc1cccc(-n2c(C3CC3)cc3cnc(Nc4ccc(C5CCNCC5)cc4)nc32)n1. The fourth-order valence-electron chi connectivity index (χ4n) is 4.68. The molecule has 0 spiro atoms. The van der Waals surface area contributed by atoms with Gasteiger partial charge in [0.2, 0.25) is 5.95 Å². The highest BCUT2D eigenvalue weighted by Gasteiger charge is 2.29. The molecule has 4 heterocycles. The summed E-state index contributed by atoms with van der Waals surface area (Å²) in [6.07, 6.45) is 6.68. The molecule has 0 unspecified atom stereocenters. The fourth-order valence-corrected chi connectivity index (χ4v) is 4.68. The van der Waals surface area contributed by atoms with E-state index in [1.807, 2.05) is 18.3 Å². The molecule has 1 aliphatic heterocycles. The molecular formula is C25H27N7. The Bertz CT molecular complexity index is 1250. The summed E-state index contributed by atoms with van der Waals surface area (Å²) in [5, 5.41) is 7.83. The summed E-state index contributed by atoms with van der Waals surface area (Å²) in [7, 11) is 0. The second kappa shape index (κ2) is 7.91. The molecule has 7 nitrogen and oxygen atoms in total. The average Bonchev–Trinajstić information content (AvgIpc) is 3.60. The molecule has 162 valence electrons. The number of nitrogens with one attached hydrogen (secondary N) is 2. The smallest absolute Gasteiger partial charge is 0.229 e. The van der Waals surface area contributed by atoms with Crippen LogP contribution in [0.3, 0.4) is 0 Å². The molecule has 1 aromatic carbocycles. The number of piperidine rings is 1. The van der Waals surface area contributed by atoms with E-state index in [-0.39, 0.29) is 0 Å². The molecule has 1 aliphatic carbocycles. The number of nitrogens with two attached hydrogens (primary N) is 1. The van der Waals surface area contributed by atoms with E-state index in [2.05, 4.69) is 55.5 Å². The third kappa shape index (κ3) is 3.69. The summed E-state index contributed by atoms with van der Waals surface area (Å²) in [5.74, 6) is 3.09. The van der Waals surface area contributed by atoms with Crippen LogP contribution in [0.15, 0.2) is 54.7 Å². The maximum absolute atomic E-state index is 5.98. The molecule has 1 saturated carbocycles. The molecular weight excluding hydrogens is 398 g/mol. The number of aromatic nitrogens is 4. The van der Waals surface area contributed by atoms with Gasteiger partial charge in [0.1, 0.15) is 11.6 Å². The van der Waals surface area contributed by atoms with Gasteiger partial charge in [0.25, 0.3) is 0 Å². The lowest BCUT2D eigenvalue weighted by atomic mass is 9.90.